The molecule has 0 N–H and O–H groups in total. The molecule has 18 aromatic carbocycles. The lowest BCUT2D eigenvalue weighted by molar-refractivity contribution is 0.624. The third kappa shape index (κ3) is 13.3. The molecule has 0 unspecified atom stereocenters. The van der Waals surface area contributed by atoms with Crippen molar-refractivity contribution in [2.24, 2.45) is 0 Å². The summed E-state index contributed by atoms with van der Waals surface area (Å²) in [6.07, 6.45) is 0. The number of rotatable bonds is 15. The molecule has 0 bridgehead atoms. The van der Waals surface area contributed by atoms with Gasteiger partial charge in [-0.15, -0.1) is 34.0 Å². The first kappa shape index (κ1) is 76.8. The molecule has 0 amide bonds. The molecule has 27 aromatic rings. The van der Waals surface area contributed by atoms with Gasteiger partial charge in [0.15, 0.2) is 69.7 Å². The van der Waals surface area contributed by atoms with Crippen LogP contribution in [0.5, 0.6) is 0 Å². The van der Waals surface area contributed by atoms with Gasteiger partial charge >= 0.3 is 0 Å². The summed E-state index contributed by atoms with van der Waals surface area (Å²) < 4.78 is 27.5. The van der Waals surface area contributed by atoms with E-state index >= 15 is 0 Å². The zero-order valence-electron chi connectivity index (χ0n) is 71.2. The summed E-state index contributed by atoms with van der Waals surface area (Å²) in [5, 5.41) is 14.5. The largest absolute Gasteiger partial charge is 0.453 e. The fourth-order valence-corrected chi connectivity index (χ4v) is 22.8. The molecular formula is C119H67N9O3S3. The summed E-state index contributed by atoms with van der Waals surface area (Å²) >= 11 is 5.27. The highest BCUT2D eigenvalue weighted by atomic mass is 32.1. The summed E-state index contributed by atoms with van der Waals surface area (Å²) in [6, 6.07) is 143. The van der Waals surface area contributed by atoms with E-state index in [0.717, 1.165) is 135 Å². The molecule has 27 rings (SSSR count). The number of aromatic nitrogens is 9. The van der Waals surface area contributed by atoms with Crippen molar-refractivity contribution in [3.05, 3.63) is 406 Å². The van der Waals surface area contributed by atoms with Crippen LogP contribution < -0.4 is 0 Å². The average molecular weight is 1770 g/mol. The molecular weight excluding hydrogens is 1700 g/mol. The molecule has 624 valence electrons. The Morgan fingerprint density at radius 2 is 0.522 bits per heavy atom. The van der Waals surface area contributed by atoms with Gasteiger partial charge in [-0.05, 0) is 173 Å². The van der Waals surface area contributed by atoms with Crippen molar-refractivity contribution in [1.82, 2.24) is 44.9 Å². The van der Waals surface area contributed by atoms with Crippen molar-refractivity contribution >= 4 is 149 Å². The summed E-state index contributed by atoms with van der Waals surface area (Å²) in [5.41, 5.74) is 19.8. The first-order chi connectivity index (χ1) is 66.3. The molecule has 9 aromatic heterocycles. The second-order valence-electron chi connectivity index (χ2n) is 33.7. The molecule has 0 spiro atoms. The first-order valence-electron chi connectivity index (χ1n) is 44.4. The predicted molar refractivity (Wildman–Crippen MR) is 551 cm³/mol. The number of hydrogen-bond donors (Lipinski definition) is 0. The highest BCUT2D eigenvalue weighted by molar-refractivity contribution is 7.26. The molecule has 0 aliphatic heterocycles. The number of benzene rings is 18. The van der Waals surface area contributed by atoms with Crippen LogP contribution in [0, 0.1) is 0 Å². The van der Waals surface area contributed by atoms with Crippen LogP contribution in [0.15, 0.2) is 420 Å². The fraction of sp³-hybridized carbons (Fsp3) is 0. The summed E-state index contributed by atoms with van der Waals surface area (Å²) in [5.74, 6) is 5.88. The summed E-state index contributed by atoms with van der Waals surface area (Å²) in [4.78, 5) is 48.1. The van der Waals surface area contributed by atoms with E-state index in [-0.39, 0.29) is 0 Å². The number of nitrogens with zero attached hydrogens (tertiary/aromatic N) is 9. The van der Waals surface area contributed by atoms with Gasteiger partial charge in [0.2, 0.25) is 0 Å². The van der Waals surface area contributed by atoms with E-state index in [1.165, 1.54) is 69.2 Å². The van der Waals surface area contributed by atoms with Crippen molar-refractivity contribution in [3.8, 4) is 170 Å². The SMILES string of the molecule is c1ccc(-c2ccc(-c3ccc4oc(-c5nc(-c6ccc7c(c6)sc6cccc(-c8ccc9cc(-c%10nc(-c%11ccc(-c%12c%13ccccc%13c(-c%13ccccc%13)c%13ccccc%12%13)cc%11)nc(-c%11ccc%12c(c%11)sc%11ccccc%11%12)n%10)oc9c8)c67)nc(-c6ccccc6-c6ccccc6)n5)cc4c3)c(-c3nc(-c4ccc5c(c4)sc4ccccc45)nc(-c4cc5ccccc5o4)n3)c2)cc1. The zero-order valence-corrected chi connectivity index (χ0v) is 73.6. The maximum absolute atomic E-state index is 7.02. The number of fused-ring (bicyclic) bond motifs is 14. The maximum atomic E-state index is 7.02. The normalized spacial score (nSPS) is 11.9. The third-order valence-electron chi connectivity index (χ3n) is 25.7. The van der Waals surface area contributed by atoms with Crippen LogP contribution in [0.3, 0.4) is 0 Å². The number of para-hydroxylation sites is 1. The lowest BCUT2D eigenvalue weighted by Crippen LogP contribution is -2.01. The van der Waals surface area contributed by atoms with Crippen LogP contribution in [0.25, 0.3) is 285 Å². The standard InChI is InChI=1S/C119H67N9O3S3/c1-4-23-68(24-5-1)73-49-54-83(95(60-73)116-122-114(126-118(128-116)99-62-76-29-10-19-39-96(76)129-99)79-51-56-88-86-32-18-21-41-103(86)133-106(88)66-79)74-53-58-97-81(59-74)64-101(130-97)119-125-113(121-115(127-119)93-37-16-11-30-82(93)69-25-6-2-7-26-69)80-52-57-94-107(67-80)134-104-42-22-38-84(110(94)104)75-47-48-77-63-100(131-98(77)61-75)117-123-111(120-112(124-117)78-50-55-87-85-31-17-20-40-102(85)132-105(87)65-78)72-45-43-71(44-46-72)109-91-35-14-12-33-89(91)108(70-27-8-3-9-28-70)90-34-13-15-36-92(90)109/h1-67H. The van der Waals surface area contributed by atoms with Crippen LogP contribution in [0.1, 0.15) is 0 Å². The summed E-state index contributed by atoms with van der Waals surface area (Å²) in [6.45, 7) is 0. The van der Waals surface area contributed by atoms with Gasteiger partial charge in [-0.2, -0.15) is 0 Å². The second kappa shape index (κ2) is 31.3. The Morgan fingerprint density at radius 3 is 1.12 bits per heavy atom. The van der Waals surface area contributed by atoms with Crippen LogP contribution in [-0.4, -0.2) is 44.9 Å². The minimum absolute atomic E-state index is 0.384. The van der Waals surface area contributed by atoms with Crippen molar-refractivity contribution in [1.29, 1.82) is 0 Å². The number of thiophene rings is 3. The molecule has 12 nitrogen and oxygen atoms in total. The smallest absolute Gasteiger partial charge is 0.199 e. The van der Waals surface area contributed by atoms with Crippen molar-refractivity contribution < 1.29 is 13.3 Å². The predicted octanol–water partition coefficient (Wildman–Crippen LogP) is 32.9. The van der Waals surface area contributed by atoms with Crippen LogP contribution in [-0.2, 0) is 0 Å². The Labute approximate surface area is 777 Å². The monoisotopic (exact) mass is 1770 g/mol. The van der Waals surface area contributed by atoms with Gasteiger partial charge in [0, 0.05) is 110 Å². The zero-order chi connectivity index (χ0) is 88.0. The van der Waals surface area contributed by atoms with E-state index in [1.54, 1.807) is 34.0 Å². The Kier molecular flexibility index (Phi) is 17.9. The van der Waals surface area contributed by atoms with E-state index in [4.69, 9.17) is 58.1 Å². The quantitative estimate of drug-likeness (QED) is 0.0897. The van der Waals surface area contributed by atoms with E-state index in [1.807, 2.05) is 66.7 Å². The Balaban J connectivity index is 0.548. The molecule has 0 aliphatic rings. The lowest BCUT2D eigenvalue weighted by atomic mass is 9.86. The molecule has 15 heteroatoms. The second-order valence-corrected chi connectivity index (χ2v) is 37.0. The van der Waals surface area contributed by atoms with E-state index in [0.29, 0.717) is 80.9 Å². The Morgan fingerprint density at radius 1 is 0.157 bits per heavy atom. The maximum Gasteiger partial charge on any atom is 0.199 e. The third-order valence-corrected chi connectivity index (χ3v) is 29.1. The molecule has 0 atom stereocenters. The van der Waals surface area contributed by atoms with Crippen LogP contribution in [0.4, 0.5) is 0 Å². The number of furan rings is 3. The van der Waals surface area contributed by atoms with Gasteiger partial charge in [-0.1, -0.05) is 322 Å². The topological polar surface area (TPSA) is 155 Å². The van der Waals surface area contributed by atoms with Gasteiger partial charge in [0.05, 0.1) is 0 Å². The molecule has 0 aliphatic carbocycles. The minimum Gasteiger partial charge on any atom is -0.453 e. The van der Waals surface area contributed by atoms with Gasteiger partial charge in [-0.3, -0.25) is 0 Å². The van der Waals surface area contributed by atoms with E-state index < -0.39 is 0 Å². The molecule has 9 heterocycles. The molecule has 0 fully saturated rings. The lowest BCUT2D eigenvalue weighted by Gasteiger charge is -2.17. The van der Waals surface area contributed by atoms with E-state index in [9.17, 15) is 0 Å². The average Bonchev–Trinajstić information content (AvgIpc) is 1.44. The molecule has 0 saturated heterocycles. The van der Waals surface area contributed by atoms with Gasteiger partial charge < -0.3 is 13.3 Å². The number of hydrogen-bond acceptors (Lipinski definition) is 15. The first-order valence-corrected chi connectivity index (χ1v) is 46.8. The molecule has 0 radical (unpaired) electrons. The van der Waals surface area contributed by atoms with Gasteiger partial charge in [0.1, 0.15) is 16.7 Å². The van der Waals surface area contributed by atoms with Crippen LogP contribution in [0.2, 0.25) is 0 Å². The van der Waals surface area contributed by atoms with Crippen molar-refractivity contribution in [2.75, 3.05) is 0 Å². The molecule has 134 heavy (non-hydrogen) atoms. The fourth-order valence-electron chi connectivity index (χ4n) is 19.4. The van der Waals surface area contributed by atoms with Gasteiger partial charge in [-0.25, -0.2) is 44.9 Å². The summed E-state index contributed by atoms with van der Waals surface area (Å²) in [7, 11) is 0. The van der Waals surface area contributed by atoms with Crippen LogP contribution >= 0.6 is 34.0 Å². The Bertz CT molecular complexity index is 9400. The molecule has 0 saturated carbocycles. The Hall–Kier alpha value is -17.2. The van der Waals surface area contributed by atoms with Gasteiger partial charge in [0.25, 0.3) is 0 Å². The highest BCUT2D eigenvalue weighted by Crippen LogP contribution is 2.49. The highest BCUT2D eigenvalue weighted by Gasteiger charge is 2.27. The van der Waals surface area contributed by atoms with Crippen molar-refractivity contribution in [3.63, 3.8) is 0 Å². The van der Waals surface area contributed by atoms with E-state index in [2.05, 4.69) is 340 Å². The van der Waals surface area contributed by atoms with Crippen molar-refractivity contribution in [2.45, 2.75) is 0 Å². The minimum atomic E-state index is 0.384.